The summed E-state index contributed by atoms with van der Waals surface area (Å²) in [7, 11) is 3.78. The molecule has 134 valence electrons. The first-order chi connectivity index (χ1) is 12.4. The molecular formula is C19H19ClN4O2. The molecule has 0 aliphatic heterocycles. The Labute approximate surface area is 156 Å². The van der Waals surface area contributed by atoms with Crippen LogP contribution in [0.2, 0.25) is 5.02 Å². The number of amides is 1. The Hall–Kier alpha value is -2.86. The quantitative estimate of drug-likeness (QED) is 0.766. The second-order valence-corrected chi connectivity index (χ2v) is 6.66. The number of hydrogen-bond donors (Lipinski definition) is 1. The number of para-hydroxylation sites is 1. The van der Waals surface area contributed by atoms with Crippen molar-refractivity contribution >= 4 is 39.8 Å². The van der Waals surface area contributed by atoms with E-state index in [9.17, 15) is 9.59 Å². The molecular weight excluding hydrogens is 352 g/mol. The number of carbonyl (C=O) groups is 1. The summed E-state index contributed by atoms with van der Waals surface area (Å²) >= 11 is 6.22. The zero-order chi connectivity index (χ0) is 18.8. The summed E-state index contributed by atoms with van der Waals surface area (Å²) in [5.41, 5.74) is 2.76. The van der Waals surface area contributed by atoms with Crippen molar-refractivity contribution in [2.75, 3.05) is 24.3 Å². The topological polar surface area (TPSA) is 67.2 Å². The second kappa shape index (κ2) is 7.17. The Balaban J connectivity index is 1.80. The summed E-state index contributed by atoms with van der Waals surface area (Å²) in [6, 6.07) is 10.7. The third kappa shape index (κ3) is 3.55. The first-order valence-corrected chi connectivity index (χ1v) is 8.46. The van der Waals surface area contributed by atoms with Crippen LogP contribution in [0.5, 0.6) is 0 Å². The Morgan fingerprint density at radius 3 is 2.73 bits per heavy atom. The van der Waals surface area contributed by atoms with Gasteiger partial charge in [-0.15, -0.1) is 0 Å². The maximum Gasteiger partial charge on any atom is 0.261 e. The smallest absolute Gasteiger partial charge is 0.261 e. The number of fused-ring (bicyclic) bond motifs is 1. The molecule has 0 bridgehead atoms. The standard InChI is InChI=1S/C19H19ClN4O2/c1-12-5-4-6-14-18(12)21-11-24(19(14)26)10-17(25)22-13-7-8-16(23(2)3)15(20)9-13/h4-9,11H,10H2,1-3H3,(H,22,25). The molecule has 3 aromatic rings. The van der Waals surface area contributed by atoms with Gasteiger partial charge in [0.2, 0.25) is 5.91 Å². The average Bonchev–Trinajstić information content (AvgIpc) is 2.57. The summed E-state index contributed by atoms with van der Waals surface area (Å²) in [4.78, 5) is 31.1. The van der Waals surface area contributed by atoms with Crippen LogP contribution in [0.1, 0.15) is 5.56 Å². The van der Waals surface area contributed by atoms with E-state index in [1.807, 2.05) is 38.1 Å². The maximum atomic E-state index is 12.6. The van der Waals surface area contributed by atoms with Crippen LogP contribution >= 0.6 is 11.6 Å². The minimum atomic E-state index is -0.324. The molecule has 0 radical (unpaired) electrons. The van der Waals surface area contributed by atoms with Gasteiger partial charge in [0.05, 0.1) is 27.9 Å². The third-order valence-corrected chi connectivity index (χ3v) is 4.39. The molecule has 6 nitrogen and oxygen atoms in total. The number of nitrogens with one attached hydrogen (secondary N) is 1. The lowest BCUT2D eigenvalue weighted by Crippen LogP contribution is -2.28. The van der Waals surface area contributed by atoms with E-state index in [-0.39, 0.29) is 18.0 Å². The SMILES string of the molecule is Cc1cccc2c(=O)n(CC(=O)Nc3ccc(N(C)C)c(Cl)c3)cnc12. The van der Waals surface area contributed by atoms with Crippen LogP contribution in [-0.2, 0) is 11.3 Å². The number of rotatable bonds is 4. The molecule has 0 aliphatic rings. The van der Waals surface area contributed by atoms with E-state index in [1.54, 1.807) is 24.3 Å². The highest BCUT2D eigenvalue weighted by atomic mass is 35.5. The number of benzene rings is 2. The molecule has 1 heterocycles. The van der Waals surface area contributed by atoms with Crippen LogP contribution in [0, 0.1) is 6.92 Å². The third-order valence-electron chi connectivity index (χ3n) is 4.08. The fraction of sp³-hybridized carbons (Fsp3) is 0.211. The van der Waals surface area contributed by atoms with Crippen LogP contribution in [-0.4, -0.2) is 29.6 Å². The number of halogens is 1. The van der Waals surface area contributed by atoms with E-state index in [4.69, 9.17) is 11.6 Å². The van der Waals surface area contributed by atoms with Crippen molar-refractivity contribution in [2.45, 2.75) is 13.5 Å². The molecule has 3 rings (SSSR count). The molecule has 1 amide bonds. The van der Waals surface area contributed by atoms with Gasteiger partial charge >= 0.3 is 0 Å². The Morgan fingerprint density at radius 1 is 1.27 bits per heavy atom. The monoisotopic (exact) mass is 370 g/mol. The fourth-order valence-corrected chi connectivity index (χ4v) is 3.10. The minimum Gasteiger partial charge on any atom is -0.376 e. The van der Waals surface area contributed by atoms with E-state index < -0.39 is 0 Å². The van der Waals surface area contributed by atoms with Crippen molar-refractivity contribution in [1.82, 2.24) is 9.55 Å². The van der Waals surface area contributed by atoms with Crippen molar-refractivity contribution in [3.8, 4) is 0 Å². The van der Waals surface area contributed by atoms with Crippen LogP contribution in [0.15, 0.2) is 47.5 Å². The van der Waals surface area contributed by atoms with Crippen molar-refractivity contribution in [3.63, 3.8) is 0 Å². The van der Waals surface area contributed by atoms with Crippen molar-refractivity contribution in [3.05, 3.63) is 63.7 Å². The summed E-state index contributed by atoms with van der Waals surface area (Å²) in [5.74, 6) is -0.324. The maximum absolute atomic E-state index is 12.6. The molecule has 1 N–H and O–H groups in total. The molecule has 0 saturated heterocycles. The van der Waals surface area contributed by atoms with Gasteiger partial charge < -0.3 is 10.2 Å². The van der Waals surface area contributed by atoms with Crippen LogP contribution in [0.4, 0.5) is 11.4 Å². The molecule has 0 atom stereocenters. The number of aryl methyl sites for hydroxylation is 1. The summed E-state index contributed by atoms with van der Waals surface area (Å²) in [6.07, 6.45) is 1.40. The van der Waals surface area contributed by atoms with Gasteiger partial charge in [0.1, 0.15) is 6.54 Å². The van der Waals surface area contributed by atoms with Gasteiger partial charge in [-0.3, -0.25) is 14.2 Å². The largest absolute Gasteiger partial charge is 0.376 e. The molecule has 26 heavy (non-hydrogen) atoms. The molecule has 0 unspecified atom stereocenters. The molecule has 0 aliphatic carbocycles. The van der Waals surface area contributed by atoms with Gasteiger partial charge in [0.25, 0.3) is 5.56 Å². The summed E-state index contributed by atoms with van der Waals surface area (Å²) < 4.78 is 1.30. The molecule has 1 aromatic heterocycles. The van der Waals surface area contributed by atoms with Gasteiger partial charge in [-0.2, -0.15) is 0 Å². The van der Waals surface area contributed by atoms with Gasteiger partial charge in [0.15, 0.2) is 0 Å². The normalized spacial score (nSPS) is 10.8. The van der Waals surface area contributed by atoms with E-state index in [0.717, 1.165) is 11.3 Å². The number of hydrogen-bond acceptors (Lipinski definition) is 4. The van der Waals surface area contributed by atoms with Crippen LogP contribution in [0.3, 0.4) is 0 Å². The second-order valence-electron chi connectivity index (χ2n) is 6.26. The lowest BCUT2D eigenvalue weighted by molar-refractivity contribution is -0.116. The van der Waals surface area contributed by atoms with Crippen molar-refractivity contribution in [2.24, 2.45) is 0 Å². The average molecular weight is 371 g/mol. The highest BCUT2D eigenvalue weighted by Crippen LogP contribution is 2.27. The lowest BCUT2D eigenvalue weighted by atomic mass is 10.1. The Morgan fingerprint density at radius 2 is 2.04 bits per heavy atom. The zero-order valence-electron chi connectivity index (χ0n) is 14.8. The highest BCUT2D eigenvalue weighted by molar-refractivity contribution is 6.33. The Kier molecular flexibility index (Phi) is 4.95. The van der Waals surface area contributed by atoms with Gasteiger partial charge in [-0.05, 0) is 36.8 Å². The number of aromatic nitrogens is 2. The van der Waals surface area contributed by atoms with E-state index in [0.29, 0.717) is 21.6 Å². The molecule has 0 spiro atoms. The minimum absolute atomic E-state index is 0.122. The Bertz CT molecular complexity index is 1040. The number of carbonyl (C=O) groups excluding carboxylic acids is 1. The van der Waals surface area contributed by atoms with Gasteiger partial charge in [-0.25, -0.2) is 4.98 Å². The molecule has 2 aromatic carbocycles. The molecule has 0 saturated carbocycles. The van der Waals surface area contributed by atoms with Gasteiger partial charge in [0, 0.05) is 19.8 Å². The molecule has 7 heteroatoms. The van der Waals surface area contributed by atoms with Crippen LogP contribution < -0.4 is 15.8 Å². The summed E-state index contributed by atoms with van der Waals surface area (Å²) in [5, 5.41) is 3.79. The fourth-order valence-electron chi connectivity index (χ4n) is 2.75. The van der Waals surface area contributed by atoms with Crippen molar-refractivity contribution in [1.29, 1.82) is 0 Å². The lowest BCUT2D eigenvalue weighted by Gasteiger charge is -2.15. The zero-order valence-corrected chi connectivity index (χ0v) is 15.5. The number of nitrogens with zero attached hydrogens (tertiary/aromatic N) is 3. The molecule has 0 fully saturated rings. The van der Waals surface area contributed by atoms with Gasteiger partial charge in [-0.1, -0.05) is 23.7 Å². The first-order valence-electron chi connectivity index (χ1n) is 8.08. The van der Waals surface area contributed by atoms with E-state index >= 15 is 0 Å². The predicted octanol–water partition coefficient (Wildman–Crippen LogP) is 3.06. The van der Waals surface area contributed by atoms with Crippen LogP contribution in [0.25, 0.3) is 10.9 Å². The van der Waals surface area contributed by atoms with E-state index in [1.165, 1.54) is 10.9 Å². The number of anilines is 2. The van der Waals surface area contributed by atoms with Crippen molar-refractivity contribution < 1.29 is 4.79 Å². The predicted molar refractivity (Wildman–Crippen MR) is 105 cm³/mol. The van der Waals surface area contributed by atoms with E-state index in [2.05, 4.69) is 10.3 Å². The summed E-state index contributed by atoms with van der Waals surface area (Å²) in [6.45, 7) is 1.77. The first kappa shape index (κ1) is 17.9. The highest BCUT2D eigenvalue weighted by Gasteiger charge is 2.11.